The molecule has 0 aliphatic rings. The molecule has 134 valence electrons. The normalized spacial score (nSPS) is 13.0. The van der Waals surface area contributed by atoms with E-state index in [0.717, 1.165) is 11.1 Å². The van der Waals surface area contributed by atoms with E-state index in [1.165, 1.54) is 13.2 Å². The number of aliphatic hydroxyl groups is 1. The first-order valence-corrected chi connectivity index (χ1v) is 8.12. The third-order valence-corrected chi connectivity index (χ3v) is 3.91. The molecule has 2 rings (SSSR count). The Balaban J connectivity index is 1.80. The fourth-order valence-electron chi connectivity index (χ4n) is 2.44. The average molecular weight is 346 g/mol. The van der Waals surface area contributed by atoms with Crippen LogP contribution in [0.1, 0.15) is 36.6 Å². The lowest BCUT2D eigenvalue weighted by Gasteiger charge is -2.17. The van der Waals surface area contributed by atoms with Crippen LogP contribution in [0.5, 0.6) is 5.75 Å². The van der Waals surface area contributed by atoms with Crippen LogP contribution in [0.25, 0.3) is 0 Å². The van der Waals surface area contributed by atoms with Gasteiger partial charge in [-0.1, -0.05) is 36.4 Å². The first-order valence-electron chi connectivity index (χ1n) is 8.12. The van der Waals surface area contributed by atoms with Crippen molar-refractivity contribution in [3.05, 3.63) is 65.5 Å². The predicted octanol–water partition coefficient (Wildman–Crippen LogP) is 3.32. The van der Waals surface area contributed by atoms with Gasteiger partial charge in [0.25, 0.3) is 0 Å². The Hall–Kier alpha value is -2.60. The van der Waals surface area contributed by atoms with E-state index in [9.17, 15) is 14.3 Å². The van der Waals surface area contributed by atoms with Gasteiger partial charge in [0, 0.05) is 6.54 Å². The lowest BCUT2D eigenvalue weighted by Crippen LogP contribution is -2.37. The smallest absolute Gasteiger partial charge is 0.315 e. The first-order chi connectivity index (χ1) is 12.0. The Morgan fingerprint density at radius 1 is 1.20 bits per heavy atom. The van der Waals surface area contributed by atoms with E-state index < -0.39 is 11.9 Å². The van der Waals surface area contributed by atoms with Crippen molar-refractivity contribution in [1.29, 1.82) is 0 Å². The molecule has 0 bridgehead atoms. The van der Waals surface area contributed by atoms with Crippen LogP contribution in [0.2, 0.25) is 0 Å². The molecule has 6 heteroatoms. The molecule has 0 saturated heterocycles. The third-order valence-electron chi connectivity index (χ3n) is 3.91. The first kappa shape index (κ1) is 18.7. The van der Waals surface area contributed by atoms with Crippen LogP contribution in [-0.4, -0.2) is 24.8 Å². The number of ether oxygens (including phenoxy) is 1. The van der Waals surface area contributed by atoms with Crippen molar-refractivity contribution in [3.63, 3.8) is 0 Å². The van der Waals surface area contributed by atoms with Crippen LogP contribution in [0.4, 0.5) is 9.18 Å². The number of urea groups is 1. The molecule has 2 aromatic carbocycles. The summed E-state index contributed by atoms with van der Waals surface area (Å²) in [5, 5.41) is 15.5. The van der Waals surface area contributed by atoms with Crippen molar-refractivity contribution in [1.82, 2.24) is 10.6 Å². The van der Waals surface area contributed by atoms with Gasteiger partial charge in [0.1, 0.15) is 0 Å². The maximum absolute atomic E-state index is 13.4. The minimum atomic E-state index is -0.625. The molecular formula is C19H23FN2O3. The van der Waals surface area contributed by atoms with E-state index >= 15 is 0 Å². The van der Waals surface area contributed by atoms with Crippen LogP contribution in [0.15, 0.2) is 48.5 Å². The van der Waals surface area contributed by atoms with Gasteiger partial charge in [0.2, 0.25) is 0 Å². The number of nitrogens with one attached hydrogen (secondary N) is 2. The highest BCUT2D eigenvalue weighted by atomic mass is 19.1. The van der Waals surface area contributed by atoms with E-state index in [4.69, 9.17) is 4.74 Å². The maximum Gasteiger partial charge on any atom is 0.315 e. The minimum absolute atomic E-state index is 0.137. The lowest BCUT2D eigenvalue weighted by atomic mass is 10.1. The summed E-state index contributed by atoms with van der Waals surface area (Å²) in [5.41, 5.74) is 1.55. The van der Waals surface area contributed by atoms with Crippen molar-refractivity contribution in [3.8, 4) is 5.75 Å². The molecule has 2 amide bonds. The second-order valence-corrected chi connectivity index (χ2v) is 5.73. The standard InChI is InChI=1S/C19H23FN2O3/c1-13(15-8-9-16(20)18(12-15)25-2)22-19(24)21-11-10-17(23)14-6-4-3-5-7-14/h3-9,12-13,17,23H,10-11H2,1-2H3,(H2,21,22,24). The van der Waals surface area contributed by atoms with Crippen molar-refractivity contribution in [2.24, 2.45) is 0 Å². The molecule has 0 aliphatic carbocycles. The summed E-state index contributed by atoms with van der Waals surface area (Å²) >= 11 is 0. The van der Waals surface area contributed by atoms with Crippen LogP contribution in [0, 0.1) is 5.82 Å². The molecule has 0 aromatic heterocycles. The van der Waals surface area contributed by atoms with Crippen LogP contribution in [-0.2, 0) is 0 Å². The molecule has 0 aliphatic heterocycles. The average Bonchev–Trinajstić information content (AvgIpc) is 2.62. The minimum Gasteiger partial charge on any atom is -0.494 e. The molecule has 0 spiro atoms. The number of amides is 2. The summed E-state index contributed by atoms with van der Waals surface area (Å²) in [5.74, 6) is -0.310. The van der Waals surface area contributed by atoms with Gasteiger partial charge in [0.15, 0.2) is 11.6 Å². The number of hydrogen-bond donors (Lipinski definition) is 3. The van der Waals surface area contributed by atoms with Crippen molar-refractivity contribution < 1.29 is 19.0 Å². The Morgan fingerprint density at radius 2 is 1.92 bits per heavy atom. The summed E-state index contributed by atoms with van der Waals surface area (Å²) in [7, 11) is 1.39. The van der Waals surface area contributed by atoms with Gasteiger partial charge in [-0.05, 0) is 36.6 Å². The molecule has 2 unspecified atom stereocenters. The molecule has 25 heavy (non-hydrogen) atoms. The zero-order chi connectivity index (χ0) is 18.2. The van der Waals surface area contributed by atoms with E-state index in [-0.39, 0.29) is 17.8 Å². The lowest BCUT2D eigenvalue weighted by molar-refractivity contribution is 0.166. The summed E-state index contributed by atoms with van der Waals surface area (Å²) < 4.78 is 18.4. The van der Waals surface area contributed by atoms with E-state index in [1.807, 2.05) is 30.3 Å². The number of carbonyl (C=O) groups excluding carboxylic acids is 1. The quantitative estimate of drug-likeness (QED) is 0.720. The fourth-order valence-corrected chi connectivity index (χ4v) is 2.44. The van der Waals surface area contributed by atoms with E-state index in [0.29, 0.717) is 13.0 Å². The van der Waals surface area contributed by atoms with Crippen LogP contribution in [0.3, 0.4) is 0 Å². The topological polar surface area (TPSA) is 70.6 Å². The number of rotatable bonds is 7. The monoisotopic (exact) mass is 346 g/mol. The van der Waals surface area contributed by atoms with Gasteiger partial charge in [-0.25, -0.2) is 9.18 Å². The highest BCUT2D eigenvalue weighted by Gasteiger charge is 2.13. The Kier molecular flexibility index (Phi) is 6.77. The number of halogens is 1. The largest absolute Gasteiger partial charge is 0.494 e. The third kappa shape index (κ3) is 5.46. The molecule has 0 heterocycles. The second-order valence-electron chi connectivity index (χ2n) is 5.73. The maximum atomic E-state index is 13.4. The summed E-state index contributed by atoms with van der Waals surface area (Å²) in [4.78, 5) is 12.0. The zero-order valence-corrected chi connectivity index (χ0v) is 14.3. The van der Waals surface area contributed by atoms with Gasteiger partial charge in [-0.15, -0.1) is 0 Å². The summed E-state index contributed by atoms with van der Waals surface area (Å²) in [6.45, 7) is 2.13. The van der Waals surface area contributed by atoms with Gasteiger partial charge in [-0.2, -0.15) is 0 Å². The number of hydrogen-bond acceptors (Lipinski definition) is 3. The van der Waals surface area contributed by atoms with Gasteiger partial charge < -0.3 is 20.5 Å². The number of aliphatic hydroxyl groups excluding tert-OH is 1. The molecule has 2 aromatic rings. The van der Waals surface area contributed by atoms with Crippen molar-refractivity contribution in [2.75, 3.05) is 13.7 Å². The van der Waals surface area contributed by atoms with Crippen molar-refractivity contribution in [2.45, 2.75) is 25.5 Å². The van der Waals surface area contributed by atoms with E-state index in [2.05, 4.69) is 10.6 Å². The molecule has 0 saturated carbocycles. The van der Waals surface area contributed by atoms with E-state index in [1.54, 1.807) is 19.1 Å². The number of methoxy groups -OCH3 is 1. The molecule has 2 atom stereocenters. The molecule has 3 N–H and O–H groups in total. The Morgan fingerprint density at radius 3 is 2.60 bits per heavy atom. The zero-order valence-electron chi connectivity index (χ0n) is 14.3. The molecular weight excluding hydrogens is 323 g/mol. The highest BCUT2D eigenvalue weighted by Crippen LogP contribution is 2.22. The van der Waals surface area contributed by atoms with Crippen LogP contribution < -0.4 is 15.4 Å². The van der Waals surface area contributed by atoms with Crippen molar-refractivity contribution >= 4 is 6.03 Å². The second kappa shape index (κ2) is 9.03. The number of carbonyl (C=O) groups is 1. The molecule has 0 fully saturated rings. The Labute approximate surface area is 146 Å². The Bertz CT molecular complexity index is 694. The highest BCUT2D eigenvalue weighted by molar-refractivity contribution is 5.74. The van der Waals surface area contributed by atoms with Gasteiger partial charge >= 0.3 is 6.03 Å². The SMILES string of the molecule is COc1cc(C(C)NC(=O)NCCC(O)c2ccccc2)ccc1F. The number of benzene rings is 2. The predicted molar refractivity (Wildman–Crippen MR) is 93.9 cm³/mol. The van der Waals surface area contributed by atoms with Crippen LogP contribution >= 0.6 is 0 Å². The summed E-state index contributed by atoms with van der Waals surface area (Å²) in [6.07, 6.45) is -0.212. The molecule has 5 nitrogen and oxygen atoms in total. The fraction of sp³-hybridized carbons (Fsp3) is 0.316. The summed E-state index contributed by atoms with van der Waals surface area (Å²) in [6, 6.07) is 13.1. The molecule has 0 radical (unpaired) electrons. The van der Waals surface area contributed by atoms with Gasteiger partial charge in [-0.3, -0.25) is 0 Å². The van der Waals surface area contributed by atoms with Gasteiger partial charge in [0.05, 0.1) is 19.3 Å².